The molecule has 8 heteroatoms. The van der Waals surface area contributed by atoms with Gasteiger partial charge in [-0.15, -0.1) is 6.42 Å². The van der Waals surface area contributed by atoms with Crippen LogP contribution in [0.3, 0.4) is 0 Å². The number of hydrogen-bond acceptors (Lipinski definition) is 4. The normalized spacial score (nSPS) is 10.4. The lowest BCUT2D eigenvalue weighted by Gasteiger charge is -2.07. The Morgan fingerprint density at radius 3 is 2.63 bits per heavy atom. The van der Waals surface area contributed by atoms with E-state index in [1.165, 1.54) is 4.57 Å². The Labute approximate surface area is 160 Å². The summed E-state index contributed by atoms with van der Waals surface area (Å²) in [5.74, 6) is 8.53. The molecule has 3 aromatic rings. The minimum Gasteiger partial charge on any atom is -0.397 e. The van der Waals surface area contributed by atoms with Crippen molar-refractivity contribution in [3.05, 3.63) is 55.4 Å². The Morgan fingerprint density at radius 1 is 1.26 bits per heavy atom. The fourth-order valence-electron chi connectivity index (χ4n) is 2.74. The summed E-state index contributed by atoms with van der Waals surface area (Å²) >= 11 is 5.91. The van der Waals surface area contributed by atoms with Crippen LogP contribution in [-0.2, 0) is 20.1 Å². The first-order chi connectivity index (χ1) is 12.9. The lowest BCUT2D eigenvalue weighted by atomic mass is 10.2. The van der Waals surface area contributed by atoms with Crippen molar-refractivity contribution in [2.24, 2.45) is 7.05 Å². The third-order valence-electron chi connectivity index (χ3n) is 4.12. The summed E-state index contributed by atoms with van der Waals surface area (Å²) in [6.07, 6.45) is 5.29. The van der Waals surface area contributed by atoms with Crippen LogP contribution in [0.5, 0.6) is 0 Å². The van der Waals surface area contributed by atoms with Gasteiger partial charge in [-0.05, 0) is 31.0 Å². The molecular weight excluding hydrogens is 366 g/mol. The van der Waals surface area contributed by atoms with Crippen LogP contribution < -0.4 is 17.0 Å². The van der Waals surface area contributed by atoms with Crippen LogP contribution in [0.25, 0.3) is 11.2 Å². The lowest BCUT2D eigenvalue weighted by Crippen LogP contribution is -2.40. The molecule has 0 aliphatic carbocycles. The highest BCUT2D eigenvalue weighted by atomic mass is 35.5. The van der Waals surface area contributed by atoms with Crippen LogP contribution >= 0.6 is 11.6 Å². The van der Waals surface area contributed by atoms with Crippen LogP contribution in [0.2, 0.25) is 5.02 Å². The zero-order valence-electron chi connectivity index (χ0n) is 14.8. The average Bonchev–Trinajstić information content (AvgIpc) is 2.96. The van der Waals surface area contributed by atoms with Gasteiger partial charge in [0, 0.05) is 19.2 Å². The highest BCUT2D eigenvalue weighted by Gasteiger charge is 2.18. The number of fused-ring (bicyclic) bond motifs is 1. The molecule has 27 heavy (non-hydrogen) atoms. The topological polar surface area (TPSA) is 87.8 Å². The summed E-state index contributed by atoms with van der Waals surface area (Å²) in [5.41, 5.74) is 6.43. The molecule has 1 aromatic carbocycles. The number of benzene rings is 1. The van der Waals surface area contributed by atoms with Crippen molar-refractivity contribution in [2.45, 2.75) is 20.0 Å². The van der Waals surface area contributed by atoms with Gasteiger partial charge in [-0.2, -0.15) is 0 Å². The predicted octanol–water partition coefficient (Wildman–Crippen LogP) is 1.19. The van der Waals surface area contributed by atoms with Gasteiger partial charge in [-0.1, -0.05) is 23.4 Å². The fraction of sp³-hybridized carbons (Fsp3) is 0.211. The van der Waals surface area contributed by atoms with Gasteiger partial charge in [-0.3, -0.25) is 9.36 Å². The highest BCUT2D eigenvalue weighted by molar-refractivity contribution is 6.33. The summed E-state index contributed by atoms with van der Waals surface area (Å²) in [6.45, 7) is 2.03. The van der Waals surface area contributed by atoms with Gasteiger partial charge in [-0.25, -0.2) is 14.3 Å². The molecule has 0 amide bonds. The van der Waals surface area contributed by atoms with E-state index in [2.05, 4.69) is 22.7 Å². The molecule has 0 saturated heterocycles. The van der Waals surface area contributed by atoms with E-state index in [0.717, 1.165) is 4.57 Å². The van der Waals surface area contributed by atoms with Gasteiger partial charge >= 0.3 is 5.69 Å². The Morgan fingerprint density at radius 2 is 2.00 bits per heavy atom. The van der Waals surface area contributed by atoms with Gasteiger partial charge in [0.15, 0.2) is 17.0 Å². The minimum absolute atomic E-state index is 0.107. The number of nitrogen functional groups attached to an aromatic ring is 1. The number of aromatic nitrogens is 4. The molecular formula is C19H16ClN5O2. The second-order valence-corrected chi connectivity index (χ2v) is 6.18. The first kappa shape index (κ1) is 18.4. The molecule has 0 bridgehead atoms. The maximum atomic E-state index is 12.7. The number of hydrogen-bond donors (Lipinski definition) is 1. The summed E-state index contributed by atoms with van der Waals surface area (Å²) in [4.78, 5) is 29.6. The maximum Gasteiger partial charge on any atom is 0.333 e. The fourth-order valence-corrected chi connectivity index (χ4v) is 2.86. The van der Waals surface area contributed by atoms with E-state index >= 15 is 0 Å². The van der Waals surface area contributed by atoms with E-state index in [1.54, 1.807) is 36.7 Å². The van der Waals surface area contributed by atoms with Crippen LogP contribution in [0.15, 0.2) is 27.8 Å². The zero-order valence-corrected chi connectivity index (χ0v) is 15.5. The summed E-state index contributed by atoms with van der Waals surface area (Å²) < 4.78 is 3.98. The van der Waals surface area contributed by atoms with Crippen LogP contribution in [0.1, 0.15) is 18.3 Å². The predicted molar refractivity (Wildman–Crippen MR) is 106 cm³/mol. The second kappa shape index (κ2) is 7.06. The van der Waals surface area contributed by atoms with Gasteiger partial charge in [0.1, 0.15) is 0 Å². The lowest BCUT2D eigenvalue weighted by molar-refractivity contribution is 0.630. The summed E-state index contributed by atoms with van der Waals surface area (Å²) in [5, 5.41) is 0.448. The van der Waals surface area contributed by atoms with Crippen LogP contribution in [-0.4, -0.2) is 18.7 Å². The third kappa shape index (κ3) is 3.10. The smallest absolute Gasteiger partial charge is 0.333 e. The molecule has 3 rings (SSSR count). The van der Waals surface area contributed by atoms with Crippen molar-refractivity contribution in [1.82, 2.24) is 18.7 Å². The van der Waals surface area contributed by atoms with E-state index in [-0.39, 0.29) is 17.7 Å². The molecule has 2 N–H and O–H groups in total. The van der Waals surface area contributed by atoms with Crippen LogP contribution in [0.4, 0.5) is 5.69 Å². The molecule has 7 nitrogen and oxygen atoms in total. The van der Waals surface area contributed by atoms with E-state index in [0.29, 0.717) is 28.6 Å². The first-order valence-corrected chi connectivity index (χ1v) is 8.47. The number of nitrogens with two attached hydrogens (primary N) is 1. The Hall–Kier alpha value is -3.42. The number of nitrogens with zero attached hydrogens (tertiary/aromatic N) is 4. The average molecular weight is 382 g/mol. The third-order valence-corrected chi connectivity index (χ3v) is 4.47. The van der Waals surface area contributed by atoms with Crippen molar-refractivity contribution in [3.63, 3.8) is 0 Å². The number of imidazole rings is 1. The van der Waals surface area contributed by atoms with Crippen molar-refractivity contribution in [1.29, 1.82) is 0 Å². The van der Waals surface area contributed by atoms with E-state index < -0.39 is 11.2 Å². The van der Waals surface area contributed by atoms with Crippen molar-refractivity contribution in [3.8, 4) is 24.2 Å². The molecule has 0 aliphatic heterocycles. The quantitative estimate of drug-likeness (QED) is 0.533. The molecule has 0 aliphatic rings. The number of aryl methyl sites for hydroxylation is 2. The molecule has 0 unspecified atom stereocenters. The largest absolute Gasteiger partial charge is 0.397 e. The number of rotatable bonds is 2. The van der Waals surface area contributed by atoms with E-state index in [1.807, 2.05) is 0 Å². The second-order valence-electron chi connectivity index (χ2n) is 5.78. The number of anilines is 1. The highest BCUT2D eigenvalue weighted by Crippen LogP contribution is 2.19. The monoisotopic (exact) mass is 381 g/mol. The summed E-state index contributed by atoms with van der Waals surface area (Å²) in [6, 6.07) is 5.04. The van der Waals surface area contributed by atoms with Crippen LogP contribution in [0, 0.1) is 24.2 Å². The molecule has 0 saturated carbocycles. The van der Waals surface area contributed by atoms with Gasteiger partial charge < -0.3 is 10.3 Å². The van der Waals surface area contributed by atoms with Crippen molar-refractivity contribution < 1.29 is 0 Å². The Kier molecular flexibility index (Phi) is 4.81. The molecule has 0 radical (unpaired) electrons. The number of terminal acetylenes is 1. The maximum absolute atomic E-state index is 12.7. The van der Waals surface area contributed by atoms with Gasteiger partial charge in [0.25, 0.3) is 5.56 Å². The Balaban J connectivity index is 2.24. The minimum atomic E-state index is -0.490. The zero-order chi connectivity index (χ0) is 19.7. The molecule has 2 aromatic heterocycles. The molecule has 0 atom stereocenters. The number of halogens is 1. The molecule has 136 valence electrons. The molecule has 0 fully saturated rings. The van der Waals surface area contributed by atoms with Crippen molar-refractivity contribution in [2.75, 3.05) is 5.73 Å². The molecule has 2 heterocycles. The Bertz CT molecular complexity index is 1280. The summed E-state index contributed by atoms with van der Waals surface area (Å²) in [7, 11) is 1.67. The van der Waals surface area contributed by atoms with Gasteiger partial charge in [0.05, 0.1) is 17.3 Å². The first-order valence-electron chi connectivity index (χ1n) is 8.09. The SMILES string of the molecule is C#CCn1c(=O)c2c(nc(C#Cc3ccc(Cl)c(N)c3)n2C)n(CC)c1=O. The standard InChI is InChI=1S/C19H16ClN5O2/c1-4-10-25-18(26)16-17(24(5-2)19(25)27)22-15(23(16)3)9-7-12-6-8-13(20)14(21)11-12/h1,6,8,11H,5,10,21H2,2-3H3. The van der Waals surface area contributed by atoms with Gasteiger partial charge in [0.2, 0.25) is 0 Å². The van der Waals surface area contributed by atoms with E-state index in [9.17, 15) is 9.59 Å². The van der Waals surface area contributed by atoms with E-state index in [4.69, 9.17) is 23.8 Å². The van der Waals surface area contributed by atoms with Crippen molar-refractivity contribution >= 4 is 28.5 Å². The molecule has 0 spiro atoms.